The highest BCUT2D eigenvalue weighted by Crippen LogP contribution is 2.37. The van der Waals surface area contributed by atoms with Crippen molar-refractivity contribution >= 4 is 23.0 Å². The first-order chi connectivity index (χ1) is 14.3. The number of para-hydroxylation sites is 2. The molecule has 0 atom stereocenters. The molecule has 29 heavy (non-hydrogen) atoms. The predicted octanol–water partition coefficient (Wildman–Crippen LogP) is 2.54. The monoisotopic (exact) mass is 389 g/mol. The van der Waals surface area contributed by atoms with Crippen molar-refractivity contribution in [2.45, 2.75) is 12.8 Å². The molecule has 1 aliphatic carbocycles. The van der Waals surface area contributed by atoms with Crippen LogP contribution in [0.1, 0.15) is 12.8 Å². The highest BCUT2D eigenvalue weighted by Gasteiger charge is 2.29. The van der Waals surface area contributed by atoms with Crippen LogP contribution in [-0.4, -0.2) is 52.7 Å². The molecule has 1 aliphatic heterocycles. The Morgan fingerprint density at radius 1 is 1.07 bits per heavy atom. The van der Waals surface area contributed by atoms with Crippen molar-refractivity contribution in [1.29, 1.82) is 0 Å². The molecular formula is C21H23N7O. The molecule has 1 aromatic heterocycles. The molecule has 0 saturated heterocycles. The molecule has 1 amide bonds. The zero-order chi connectivity index (χ0) is 19.6. The Morgan fingerprint density at radius 2 is 1.86 bits per heavy atom. The second-order valence-electron chi connectivity index (χ2n) is 7.66. The van der Waals surface area contributed by atoms with E-state index in [9.17, 15) is 4.79 Å². The molecule has 0 unspecified atom stereocenters. The number of amides is 1. The molecule has 0 radical (unpaired) electrons. The highest BCUT2D eigenvalue weighted by atomic mass is 16.2. The van der Waals surface area contributed by atoms with Crippen molar-refractivity contribution in [3.8, 4) is 11.4 Å². The summed E-state index contributed by atoms with van der Waals surface area (Å²) in [6.45, 7) is 3.24. The number of anilines is 3. The molecule has 5 rings (SSSR count). The number of H-pyrrole nitrogens is 1. The maximum Gasteiger partial charge on any atom is 0.243 e. The van der Waals surface area contributed by atoms with Gasteiger partial charge in [0.2, 0.25) is 11.7 Å². The number of carbonyl (C=O) groups is 1. The second kappa shape index (κ2) is 7.54. The van der Waals surface area contributed by atoms with Gasteiger partial charge in [0.25, 0.3) is 0 Å². The summed E-state index contributed by atoms with van der Waals surface area (Å²) >= 11 is 0. The van der Waals surface area contributed by atoms with Crippen LogP contribution >= 0.6 is 0 Å². The third-order valence-corrected chi connectivity index (χ3v) is 5.46. The van der Waals surface area contributed by atoms with Crippen molar-refractivity contribution in [2.75, 3.05) is 41.3 Å². The predicted molar refractivity (Wildman–Crippen MR) is 112 cm³/mol. The first kappa shape index (κ1) is 17.7. The lowest BCUT2D eigenvalue weighted by molar-refractivity contribution is -0.115. The van der Waals surface area contributed by atoms with Gasteiger partial charge in [-0.05, 0) is 48.2 Å². The molecule has 0 bridgehead atoms. The van der Waals surface area contributed by atoms with E-state index >= 15 is 0 Å². The number of hydrogen-bond acceptors (Lipinski definition) is 6. The lowest BCUT2D eigenvalue weighted by Gasteiger charge is -2.38. The Morgan fingerprint density at radius 3 is 2.62 bits per heavy atom. The van der Waals surface area contributed by atoms with E-state index in [1.807, 2.05) is 30.3 Å². The van der Waals surface area contributed by atoms with Crippen LogP contribution in [0.3, 0.4) is 0 Å². The number of hydrogen-bond donors (Lipinski definition) is 2. The van der Waals surface area contributed by atoms with E-state index in [0.717, 1.165) is 42.5 Å². The second-order valence-corrected chi connectivity index (χ2v) is 7.66. The number of aromatic nitrogens is 4. The van der Waals surface area contributed by atoms with Gasteiger partial charge in [-0.1, -0.05) is 24.3 Å². The summed E-state index contributed by atoms with van der Waals surface area (Å²) in [5.74, 6) is 1.30. The van der Waals surface area contributed by atoms with E-state index < -0.39 is 0 Å². The first-order valence-electron chi connectivity index (χ1n) is 9.99. The van der Waals surface area contributed by atoms with Crippen LogP contribution in [0.4, 0.5) is 17.1 Å². The maximum atomic E-state index is 12.7. The Hall–Kier alpha value is -3.42. The molecule has 8 heteroatoms. The summed E-state index contributed by atoms with van der Waals surface area (Å²) in [7, 11) is 0. The van der Waals surface area contributed by atoms with Crippen LogP contribution in [0.15, 0.2) is 48.5 Å². The SMILES string of the molecule is O=C(CN1CCN(CC2CC2)c2ccccc21)Nc1cccc(-c2nn[nH]n2)c1. The summed E-state index contributed by atoms with van der Waals surface area (Å²) in [6.07, 6.45) is 2.68. The van der Waals surface area contributed by atoms with E-state index in [2.05, 4.69) is 53.9 Å². The molecule has 2 heterocycles. The van der Waals surface area contributed by atoms with E-state index in [1.165, 1.54) is 18.5 Å². The minimum atomic E-state index is -0.0410. The van der Waals surface area contributed by atoms with Gasteiger partial charge in [0.15, 0.2) is 0 Å². The van der Waals surface area contributed by atoms with Crippen LogP contribution in [0.2, 0.25) is 0 Å². The molecule has 0 spiro atoms. The number of tetrazole rings is 1. The average molecular weight is 389 g/mol. The van der Waals surface area contributed by atoms with E-state index in [1.54, 1.807) is 0 Å². The van der Waals surface area contributed by atoms with Gasteiger partial charge in [0.1, 0.15) is 0 Å². The minimum absolute atomic E-state index is 0.0410. The molecule has 8 nitrogen and oxygen atoms in total. The smallest absolute Gasteiger partial charge is 0.243 e. The van der Waals surface area contributed by atoms with Gasteiger partial charge < -0.3 is 15.1 Å². The maximum absolute atomic E-state index is 12.7. The third kappa shape index (κ3) is 3.91. The molecule has 2 N–H and O–H groups in total. The molecule has 2 aromatic carbocycles. The summed E-state index contributed by atoms with van der Waals surface area (Å²) in [6, 6.07) is 15.9. The molecular weight excluding hydrogens is 366 g/mol. The zero-order valence-electron chi connectivity index (χ0n) is 16.1. The summed E-state index contributed by atoms with van der Waals surface area (Å²) in [5, 5.41) is 17.0. The Bertz CT molecular complexity index is 1000. The fourth-order valence-electron chi connectivity index (χ4n) is 3.84. The lowest BCUT2D eigenvalue weighted by Crippen LogP contribution is -2.44. The minimum Gasteiger partial charge on any atom is -0.368 e. The van der Waals surface area contributed by atoms with Gasteiger partial charge in [-0.3, -0.25) is 4.79 Å². The summed E-state index contributed by atoms with van der Waals surface area (Å²) < 4.78 is 0. The number of rotatable bonds is 6. The van der Waals surface area contributed by atoms with Crippen LogP contribution in [0.5, 0.6) is 0 Å². The van der Waals surface area contributed by atoms with Crippen LogP contribution in [0.25, 0.3) is 11.4 Å². The number of benzene rings is 2. The first-order valence-corrected chi connectivity index (χ1v) is 9.99. The standard InChI is InChI=1S/C21H23N7O/c29-20(22-17-5-3-4-16(12-17)21-23-25-26-24-21)14-28-11-10-27(13-15-8-9-15)18-6-1-2-7-19(18)28/h1-7,12,15H,8-11,13-14H2,(H,22,29)(H,23,24,25,26). The molecule has 3 aromatic rings. The molecule has 2 aliphatic rings. The molecule has 1 saturated carbocycles. The summed E-state index contributed by atoms with van der Waals surface area (Å²) in [4.78, 5) is 17.4. The Balaban J connectivity index is 1.28. The van der Waals surface area contributed by atoms with Crippen LogP contribution in [0, 0.1) is 5.92 Å². The quantitative estimate of drug-likeness (QED) is 0.673. The fraction of sp³-hybridized carbons (Fsp3) is 0.333. The average Bonchev–Trinajstić information content (AvgIpc) is 3.38. The number of nitrogens with zero attached hydrogens (tertiary/aromatic N) is 5. The normalized spacial score (nSPS) is 15.9. The van der Waals surface area contributed by atoms with Gasteiger partial charge >= 0.3 is 0 Å². The van der Waals surface area contributed by atoms with Crippen molar-refractivity contribution < 1.29 is 4.79 Å². The lowest BCUT2D eigenvalue weighted by atomic mass is 10.1. The third-order valence-electron chi connectivity index (χ3n) is 5.46. The van der Waals surface area contributed by atoms with Crippen molar-refractivity contribution in [1.82, 2.24) is 20.6 Å². The van der Waals surface area contributed by atoms with Gasteiger partial charge in [0, 0.05) is 30.9 Å². The summed E-state index contributed by atoms with van der Waals surface area (Å²) in [5.41, 5.74) is 3.89. The number of nitrogens with one attached hydrogen (secondary N) is 2. The largest absolute Gasteiger partial charge is 0.368 e. The fourth-order valence-corrected chi connectivity index (χ4v) is 3.84. The molecule has 148 valence electrons. The van der Waals surface area contributed by atoms with Gasteiger partial charge in [0.05, 0.1) is 17.9 Å². The number of fused-ring (bicyclic) bond motifs is 1. The Labute approximate surface area is 168 Å². The van der Waals surface area contributed by atoms with E-state index in [-0.39, 0.29) is 5.91 Å². The van der Waals surface area contributed by atoms with Crippen molar-refractivity contribution in [3.05, 3.63) is 48.5 Å². The Kier molecular flexibility index (Phi) is 4.59. The van der Waals surface area contributed by atoms with Crippen LogP contribution < -0.4 is 15.1 Å². The van der Waals surface area contributed by atoms with Gasteiger partial charge in [-0.2, -0.15) is 5.21 Å². The van der Waals surface area contributed by atoms with Gasteiger partial charge in [-0.15, -0.1) is 10.2 Å². The van der Waals surface area contributed by atoms with Crippen molar-refractivity contribution in [2.24, 2.45) is 5.92 Å². The topological polar surface area (TPSA) is 90.0 Å². The van der Waals surface area contributed by atoms with Gasteiger partial charge in [-0.25, -0.2) is 0 Å². The number of carbonyl (C=O) groups excluding carboxylic acids is 1. The highest BCUT2D eigenvalue weighted by molar-refractivity contribution is 5.95. The zero-order valence-corrected chi connectivity index (χ0v) is 16.1. The molecule has 1 fully saturated rings. The number of aromatic amines is 1. The van der Waals surface area contributed by atoms with E-state index in [0.29, 0.717) is 12.4 Å². The van der Waals surface area contributed by atoms with Crippen LogP contribution in [-0.2, 0) is 4.79 Å². The van der Waals surface area contributed by atoms with Crippen molar-refractivity contribution in [3.63, 3.8) is 0 Å². The van der Waals surface area contributed by atoms with E-state index in [4.69, 9.17) is 0 Å².